The van der Waals surface area contributed by atoms with Gasteiger partial charge in [0, 0.05) is 32.6 Å². The molecule has 0 aliphatic carbocycles. The van der Waals surface area contributed by atoms with Crippen LogP contribution in [0.3, 0.4) is 0 Å². The predicted octanol–water partition coefficient (Wildman–Crippen LogP) is 18.2. The van der Waals surface area contributed by atoms with Crippen molar-refractivity contribution in [2.45, 2.75) is 85.7 Å². The molecule has 1 aliphatic rings. The summed E-state index contributed by atoms with van der Waals surface area (Å²) in [6, 6.07) is 63.0. The SMILES string of the molecule is [2H]C([2H])([2H])c1cc(N2c3cccc(-c4cc(-c5ccccc5)cc(-c5cc(-c6ccc(C)cc6)ccn5)c4)c3NC2c2cc(C(C)C)cc(C(C)C)c2O)c(-c2ccc(C(C)(C)C)cc2)cc1-c1ccccc1. The molecule has 1 aromatic heterocycles. The van der Waals surface area contributed by atoms with Gasteiger partial charge < -0.3 is 15.3 Å². The molecule has 9 aromatic rings. The lowest BCUT2D eigenvalue weighted by Gasteiger charge is -2.32. The molecule has 0 fully saturated rings. The highest BCUT2D eigenvalue weighted by molar-refractivity contribution is 5.99. The first-order valence-electron chi connectivity index (χ1n) is 26.1. The Morgan fingerprint density at radius 1 is 0.557 bits per heavy atom. The summed E-state index contributed by atoms with van der Waals surface area (Å²) in [4.78, 5) is 7.20. The second-order valence-electron chi connectivity index (χ2n) is 20.5. The number of aromatic nitrogens is 1. The van der Waals surface area contributed by atoms with E-state index in [4.69, 9.17) is 9.10 Å². The van der Waals surface area contributed by atoms with E-state index in [1.807, 2.05) is 48.7 Å². The summed E-state index contributed by atoms with van der Waals surface area (Å²) in [7, 11) is 0. The van der Waals surface area contributed by atoms with Crippen molar-refractivity contribution in [3.05, 3.63) is 222 Å². The van der Waals surface area contributed by atoms with E-state index in [0.29, 0.717) is 16.8 Å². The molecule has 10 rings (SSSR count). The number of hydrogen-bond donors (Lipinski definition) is 2. The van der Waals surface area contributed by atoms with Gasteiger partial charge >= 0.3 is 0 Å². The van der Waals surface area contributed by atoms with E-state index in [9.17, 15) is 5.11 Å². The van der Waals surface area contributed by atoms with Gasteiger partial charge in [-0.3, -0.25) is 4.98 Å². The van der Waals surface area contributed by atoms with Crippen LogP contribution in [0, 0.1) is 13.8 Å². The number of para-hydroxylation sites is 1. The fourth-order valence-electron chi connectivity index (χ4n) is 9.91. The Morgan fingerprint density at radius 2 is 1.20 bits per heavy atom. The molecule has 4 heteroatoms. The first-order chi connectivity index (χ1) is 34.9. The third kappa shape index (κ3) is 8.91. The maximum absolute atomic E-state index is 12.6. The summed E-state index contributed by atoms with van der Waals surface area (Å²) in [6.45, 7) is 14.9. The zero-order valence-electron chi connectivity index (χ0n) is 44.5. The quantitative estimate of drug-likeness (QED) is 0.144. The molecular weight excluding hydrogens is 851 g/mol. The number of anilines is 3. The van der Waals surface area contributed by atoms with E-state index >= 15 is 0 Å². The molecule has 1 aliphatic heterocycles. The molecule has 0 amide bonds. The summed E-state index contributed by atoms with van der Waals surface area (Å²) in [5.41, 5.74) is 19.1. The molecule has 0 spiro atoms. The number of nitrogens with one attached hydrogen (secondary N) is 1. The molecule has 4 nitrogen and oxygen atoms in total. The van der Waals surface area contributed by atoms with Gasteiger partial charge in [-0.1, -0.05) is 181 Å². The van der Waals surface area contributed by atoms with E-state index < -0.39 is 13.0 Å². The van der Waals surface area contributed by atoms with Gasteiger partial charge in [-0.2, -0.15) is 0 Å². The van der Waals surface area contributed by atoms with E-state index in [1.165, 1.54) is 11.1 Å². The van der Waals surface area contributed by atoms with Crippen LogP contribution in [-0.2, 0) is 5.41 Å². The largest absolute Gasteiger partial charge is 0.507 e. The van der Waals surface area contributed by atoms with Crippen LogP contribution < -0.4 is 10.2 Å². The Morgan fingerprint density at radius 3 is 1.87 bits per heavy atom. The Kier molecular flexibility index (Phi) is 11.3. The van der Waals surface area contributed by atoms with Crippen molar-refractivity contribution in [1.82, 2.24) is 4.98 Å². The summed E-state index contributed by atoms with van der Waals surface area (Å²) in [5.74, 6) is 0.426. The highest BCUT2D eigenvalue weighted by Crippen LogP contribution is 2.55. The fourth-order valence-corrected chi connectivity index (χ4v) is 9.91. The number of rotatable bonds is 10. The smallest absolute Gasteiger partial charge is 0.134 e. The number of fused-ring (bicyclic) bond motifs is 1. The highest BCUT2D eigenvalue weighted by Gasteiger charge is 2.37. The number of aryl methyl sites for hydroxylation is 2. The lowest BCUT2D eigenvalue weighted by molar-refractivity contribution is 0.453. The molecule has 70 heavy (non-hydrogen) atoms. The monoisotopic (exact) mass is 917 g/mol. The minimum atomic E-state index is -2.47. The zero-order chi connectivity index (χ0) is 51.3. The second kappa shape index (κ2) is 18.7. The van der Waals surface area contributed by atoms with Crippen molar-refractivity contribution in [1.29, 1.82) is 0 Å². The molecule has 2 heterocycles. The van der Waals surface area contributed by atoms with Gasteiger partial charge in [-0.05, 0) is 152 Å². The topological polar surface area (TPSA) is 48.4 Å². The van der Waals surface area contributed by atoms with Gasteiger partial charge in [0.1, 0.15) is 11.9 Å². The zero-order valence-corrected chi connectivity index (χ0v) is 41.5. The molecular formula is C66H63N3O. The standard InChI is InChI=1S/C66H63N3O/c1-41(2)50-37-56(42(3)4)64(70)59(38-50)65-68-63-55(52-34-51(45-17-12-10-13-18-45)35-53(36-52)60-39-49(31-32-67-60)46-25-23-43(5)24-26-46)21-16-22-61(63)69(65)62-33-44(6)57(47-19-14-11-15-20-47)40-58(62)48-27-29-54(30-28-48)66(7,8)9/h10-42,65,68,70H,1-9H3/i6D3. The van der Waals surface area contributed by atoms with E-state index in [1.54, 1.807) is 0 Å². The van der Waals surface area contributed by atoms with Crippen molar-refractivity contribution < 1.29 is 9.22 Å². The van der Waals surface area contributed by atoms with Crippen molar-refractivity contribution >= 4 is 17.1 Å². The van der Waals surface area contributed by atoms with Gasteiger partial charge in [-0.25, -0.2) is 0 Å². The van der Waals surface area contributed by atoms with Crippen molar-refractivity contribution in [2.24, 2.45) is 0 Å². The summed E-state index contributed by atoms with van der Waals surface area (Å²) in [6.07, 6.45) is 1.23. The fraction of sp³-hybridized carbons (Fsp3) is 0.197. The van der Waals surface area contributed by atoms with Gasteiger partial charge in [-0.15, -0.1) is 0 Å². The lowest BCUT2D eigenvalue weighted by Crippen LogP contribution is -2.25. The molecule has 0 radical (unpaired) electrons. The summed E-state index contributed by atoms with van der Waals surface area (Å²) >= 11 is 0. The lowest BCUT2D eigenvalue weighted by atomic mass is 9.85. The Hall–Kier alpha value is -7.69. The third-order valence-electron chi connectivity index (χ3n) is 13.9. The predicted molar refractivity (Wildman–Crippen MR) is 296 cm³/mol. The highest BCUT2D eigenvalue weighted by atomic mass is 16.3. The number of phenols is 1. The van der Waals surface area contributed by atoms with Gasteiger partial charge in [0.05, 0.1) is 22.8 Å². The van der Waals surface area contributed by atoms with Crippen LogP contribution in [0.5, 0.6) is 5.75 Å². The van der Waals surface area contributed by atoms with Crippen LogP contribution in [-0.4, -0.2) is 10.1 Å². The number of benzene rings is 8. The van der Waals surface area contributed by atoms with Crippen molar-refractivity contribution in [3.8, 4) is 72.6 Å². The summed E-state index contributed by atoms with van der Waals surface area (Å²) in [5, 5.41) is 16.6. The van der Waals surface area contributed by atoms with Crippen LogP contribution >= 0.6 is 0 Å². The minimum Gasteiger partial charge on any atom is -0.507 e. The molecule has 1 unspecified atom stereocenters. The van der Waals surface area contributed by atoms with E-state index in [-0.39, 0.29) is 28.6 Å². The molecule has 0 saturated heterocycles. The maximum Gasteiger partial charge on any atom is 0.134 e. The maximum atomic E-state index is 12.6. The number of aromatic hydroxyl groups is 1. The Bertz CT molecular complexity index is 3470. The minimum absolute atomic E-state index is 0.0340. The first kappa shape index (κ1) is 42.4. The van der Waals surface area contributed by atoms with Crippen LogP contribution in [0.2, 0.25) is 0 Å². The van der Waals surface area contributed by atoms with E-state index in [2.05, 4.69) is 205 Å². The number of nitrogens with zero attached hydrogens (tertiary/aromatic N) is 2. The van der Waals surface area contributed by atoms with Crippen LogP contribution in [0.25, 0.3) is 66.9 Å². The van der Waals surface area contributed by atoms with Gasteiger partial charge in [0.15, 0.2) is 0 Å². The van der Waals surface area contributed by atoms with E-state index in [0.717, 1.165) is 83.8 Å². The van der Waals surface area contributed by atoms with Crippen molar-refractivity contribution in [2.75, 3.05) is 10.2 Å². The molecule has 348 valence electrons. The molecule has 2 N–H and O–H groups in total. The second-order valence-corrected chi connectivity index (χ2v) is 20.5. The van der Waals surface area contributed by atoms with Crippen LogP contribution in [0.15, 0.2) is 188 Å². The third-order valence-corrected chi connectivity index (χ3v) is 13.9. The average Bonchev–Trinajstić information content (AvgIpc) is 3.78. The van der Waals surface area contributed by atoms with Gasteiger partial charge in [0.25, 0.3) is 0 Å². The average molecular weight is 917 g/mol. The first-order valence-corrected chi connectivity index (χ1v) is 24.6. The molecule has 1 atom stereocenters. The summed E-state index contributed by atoms with van der Waals surface area (Å²) < 4.78 is 27.3. The number of pyridine rings is 1. The van der Waals surface area contributed by atoms with Crippen LogP contribution in [0.4, 0.5) is 17.1 Å². The van der Waals surface area contributed by atoms with Crippen molar-refractivity contribution in [3.63, 3.8) is 0 Å². The molecule has 0 saturated carbocycles. The molecule has 0 bridgehead atoms. The Labute approximate surface area is 419 Å². The number of hydrogen-bond acceptors (Lipinski definition) is 4. The van der Waals surface area contributed by atoms with Gasteiger partial charge in [0.2, 0.25) is 0 Å². The van der Waals surface area contributed by atoms with Crippen LogP contribution in [0.1, 0.15) is 104 Å². The Balaban J connectivity index is 1.25. The number of phenolic OH excluding ortho intramolecular Hbond substituents is 1. The molecule has 8 aromatic carbocycles. The normalized spacial score (nSPS) is 14.3.